The van der Waals surface area contributed by atoms with Gasteiger partial charge in [-0.1, -0.05) is 91.0 Å². The van der Waals surface area contributed by atoms with Crippen molar-refractivity contribution in [2.24, 2.45) is 0 Å². The SMILES string of the molecule is CCN(CC)C(=O)CC(Cc1ccccc1)NP1(=O)[C@H](c2ccccc2)CC[C@H]1c1ccccc1. The zero-order valence-electron chi connectivity index (χ0n) is 20.8. The molecule has 0 spiro atoms. The van der Waals surface area contributed by atoms with E-state index in [4.69, 9.17) is 0 Å². The topological polar surface area (TPSA) is 49.4 Å². The van der Waals surface area contributed by atoms with Gasteiger partial charge in [0.05, 0.1) is 11.3 Å². The first-order valence-electron chi connectivity index (χ1n) is 12.8. The number of carbonyl (C=O) groups is 1. The minimum absolute atomic E-state index is 0.0595. The van der Waals surface area contributed by atoms with Crippen molar-refractivity contribution in [3.8, 4) is 0 Å². The molecule has 4 rings (SSSR count). The van der Waals surface area contributed by atoms with Gasteiger partial charge in [-0.05, 0) is 49.8 Å². The van der Waals surface area contributed by atoms with E-state index in [1.165, 1.54) is 0 Å². The molecule has 1 unspecified atom stereocenters. The van der Waals surface area contributed by atoms with Crippen LogP contribution < -0.4 is 5.09 Å². The van der Waals surface area contributed by atoms with Gasteiger partial charge in [-0.3, -0.25) is 9.88 Å². The Morgan fingerprint density at radius 3 is 1.74 bits per heavy atom. The quantitative estimate of drug-likeness (QED) is 0.313. The molecule has 1 N–H and O–H groups in total. The summed E-state index contributed by atoms with van der Waals surface area (Å²) in [6.45, 7) is 5.39. The lowest BCUT2D eigenvalue weighted by molar-refractivity contribution is -0.131. The Kier molecular flexibility index (Phi) is 8.59. The summed E-state index contributed by atoms with van der Waals surface area (Å²) in [5.41, 5.74) is 3.27. The number of carbonyl (C=O) groups excluding carboxylic acids is 1. The maximum atomic E-state index is 15.1. The number of hydrogen-bond acceptors (Lipinski definition) is 2. The Labute approximate surface area is 210 Å². The number of nitrogens with zero attached hydrogens (tertiary/aromatic N) is 1. The summed E-state index contributed by atoms with van der Waals surface area (Å²) in [5.74, 6) is 0.113. The molecule has 1 aliphatic rings. The van der Waals surface area contributed by atoms with E-state index in [1.54, 1.807) is 0 Å². The number of amides is 1. The number of rotatable bonds is 10. The van der Waals surface area contributed by atoms with E-state index >= 15 is 4.57 Å². The predicted molar refractivity (Wildman–Crippen MR) is 145 cm³/mol. The predicted octanol–water partition coefficient (Wildman–Crippen LogP) is 7.00. The lowest BCUT2D eigenvalue weighted by Gasteiger charge is -2.33. The molecule has 1 fully saturated rings. The first kappa shape index (κ1) is 25.4. The summed E-state index contributed by atoms with van der Waals surface area (Å²) in [5, 5.41) is 3.68. The van der Waals surface area contributed by atoms with Gasteiger partial charge in [-0.2, -0.15) is 0 Å². The third-order valence-corrected chi connectivity index (χ3v) is 11.0. The Balaban J connectivity index is 1.70. The number of hydrogen-bond donors (Lipinski definition) is 1. The molecular weight excluding hydrogens is 451 g/mol. The third-order valence-electron chi connectivity index (χ3n) is 7.25. The summed E-state index contributed by atoms with van der Waals surface area (Å²) in [7, 11) is -2.95. The fourth-order valence-corrected chi connectivity index (χ4v) is 9.33. The average Bonchev–Trinajstić information content (AvgIpc) is 3.22. The Bertz CT molecular complexity index is 1070. The van der Waals surface area contributed by atoms with Gasteiger partial charge in [-0.15, -0.1) is 0 Å². The lowest BCUT2D eigenvalue weighted by Crippen LogP contribution is -2.39. The van der Waals surface area contributed by atoms with E-state index in [2.05, 4.69) is 41.5 Å². The van der Waals surface area contributed by atoms with Crippen LogP contribution in [0.1, 0.15) is 61.1 Å². The van der Waals surface area contributed by atoms with Crippen LogP contribution in [0, 0.1) is 0 Å². The van der Waals surface area contributed by atoms with Crippen molar-refractivity contribution in [1.29, 1.82) is 0 Å². The second-order valence-corrected chi connectivity index (χ2v) is 12.3. The van der Waals surface area contributed by atoms with E-state index < -0.39 is 7.29 Å². The molecule has 35 heavy (non-hydrogen) atoms. The van der Waals surface area contributed by atoms with E-state index in [0.717, 1.165) is 29.5 Å². The van der Waals surface area contributed by atoms with Gasteiger partial charge in [-0.25, -0.2) is 0 Å². The van der Waals surface area contributed by atoms with Gasteiger partial charge in [0, 0.05) is 25.6 Å². The summed E-state index contributed by atoms with van der Waals surface area (Å²) < 4.78 is 15.1. The van der Waals surface area contributed by atoms with Crippen LogP contribution in [0.3, 0.4) is 0 Å². The monoisotopic (exact) mass is 488 g/mol. The third kappa shape index (κ3) is 5.94. The van der Waals surface area contributed by atoms with Gasteiger partial charge in [0.1, 0.15) is 0 Å². The van der Waals surface area contributed by atoms with Gasteiger partial charge in [0.25, 0.3) is 0 Å². The normalized spacial score (nSPS) is 19.8. The summed E-state index contributed by atoms with van der Waals surface area (Å²) in [6, 6.07) is 30.5. The van der Waals surface area contributed by atoms with E-state index in [1.807, 2.05) is 73.3 Å². The van der Waals surface area contributed by atoms with Crippen LogP contribution >= 0.6 is 7.29 Å². The van der Waals surface area contributed by atoms with E-state index in [9.17, 15) is 4.79 Å². The minimum Gasteiger partial charge on any atom is -0.343 e. The molecule has 1 aliphatic heterocycles. The van der Waals surface area contributed by atoms with Crippen molar-refractivity contribution in [2.45, 2.75) is 56.9 Å². The molecule has 1 amide bonds. The smallest absolute Gasteiger partial charge is 0.224 e. The van der Waals surface area contributed by atoms with E-state index in [-0.39, 0.29) is 23.3 Å². The van der Waals surface area contributed by atoms with Crippen LogP contribution in [0.5, 0.6) is 0 Å². The average molecular weight is 489 g/mol. The molecule has 3 aromatic carbocycles. The van der Waals surface area contributed by atoms with Crippen molar-refractivity contribution >= 4 is 13.2 Å². The number of benzene rings is 3. The second-order valence-electron chi connectivity index (χ2n) is 9.43. The summed E-state index contributed by atoms with van der Waals surface area (Å²) >= 11 is 0. The van der Waals surface area contributed by atoms with Gasteiger partial charge >= 0.3 is 0 Å². The van der Waals surface area contributed by atoms with Gasteiger partial charge in [0.15, 0.2) is 7.29 Å². The molecule has 0 aliphatic carbocycles. The van der Waals surface area contributed by atoms with Crippen LogP contribution in [0.2, 0.25) is 0 Å². The molecule has 0 bridgehead atoms. The zero-order chi connectivity index (χ0) is 24.7. The first-order valence-corrected chi connectivity index (χ1v) is 14.7. The highest BCUT2D eigenvalue weighted by atomic mass is 31.2. The molecule has 1 heterocycles. The highest BCUT2D eigenvalue weighted by Crippen LogP contribution is 2.74. The lowest BCUT2D eigenvalue weighted by atomic mass is 10.0. The Morgan fingerprint density at radius 1 is 0.829 bits per heavy atom. The van der Waals surface area contributed by atoms with Crippen molar-refractivity contribution in [3.63, 3.8) is 0 Å². The second kappa shape index (κ2) is 11.8. The molecule has 3 atom stereocenters. The van der Waals surface area contributed by atoms with Gasteiger partial charge in [0.2, 0.25) is 5.91 Å². The molecule has 0 saturated carbocycles. The summed E-state index contributed by atoms with van der Waals surface area (Å²) in [4.78, 5) is 15.1. The molecule has 5 heteroatoms. The first-order chi connectivity index (χ1) is 17.0. The zero-order valence-corrected chi connectivity index (χ0v) is 21.7. The van der Waals surface area contributed by atoms with Crippen molar-refractivity contribution in [3.05, 3.63) is 108 Å². The van der Waals surface area contributed by atoms with Crippen LogP contribution in [0.4, 0.5) is 0 Å². The largest absolute Gasteiger partial charge is 0.343 e. The highest BCUT2D eigenvalue weighted by Gasteiger charge is 2.48. The van der Waals surface area contributed by atoms with Crippen molar-refractivity contribution < 1.29 is 9.36 Å². The highest BCUT2D eigenvalue weighted by molar-refractivity contribution is 7.63. The Morgan fingerprint density at radius 2 is 1.29 bits per heavy atom. The van der Waals surface area contributed by atoms with E-state index in [0.29, 0.717) is 25.9 Å². The minimum atomic E-state index is -2.95. The molecule has 4 nitrogen and oxygen atoms in total. The maximum Gasteiger partial charge on any atom is 0.224 e. The fraction of sp³-hybridized carbons (Fsp3) is 0.367. The molecule has 0 aromatic heterocycles. The van der Waals surface area contributed by atoms with Crippen LogP contribution in [-0.2, 0) is 15.8 Å². The molecule has 184 valence electrons. The maximum absolute atomic E-state index is 15.1. The van der Waals surface area contributed by atoms with Gasteiger partial charge < -0.3 is 9.46 Å². The van der Waals surface area contributed by atoms with Crippen molar-refractivity contribution in [1.82, 2.24) is 9.99 Å². The molecule has 1 saturated heterocycles. The molecular formula is C30H37N2O2P. The standard InChI is InChI=1S/C30H37N2O2P/c1-3-32(4-2)30(33)23-27(22-24-14-8-5-9-15-24)31-35(34)28(25-16-10-6-11-17-25)20-21-29(35)26-18-12-7-13-19-26/h5-19,27-29H,3-4,20-23H2,1-2H3,(H,31,34)/t27?,28-,29-/m0/s1. The Hall–Kier alpha value is -2.68. The molecule has 0 radical (unpaired) electrons. The van der Waals surface area contributed by atoms with Crippen LogP contribution in [0.15, 0.2) is 91.0 Å². The summed E-state index contributed by atoms with van der Waals surface area (Å²) in [6.07, 6.45) is 2.75. The fourth-order valence-electron chi connectivity index (χ4n) is 5.49. The van der Waals surface area contributed by atoms with Crippen LogP contribution in [0.25, 0.3) is 0 Å². The van der Waals surface area contributed by atoms with Crippen molar-refractivity contribution in [2.75, 3.05) is 13.1 Å². The molecule has 3 aromatic rings. The number of nitrogens with one attached hydrogen (secondary N) is 1. The van der Waals surface area contributed by atoms with Crippen LogP contribution in [-0.4, -0.2) is 29.9 Å².